The fraction of sp³-hybridized carbons (Fsp3) is 0.571. The van der Waals surface area contributed by atoms with Crippen LogP contribution in [-0.2, 0) is 22.5 Å². The number of aliphatic imine (C=N–C) groups is 1. The maximum absolute atomic E-state index is 12.2. The van der Waals surface area contributed by atoms with Crippen molar-refractivity contribution in [2.75, 3.05) is 39.4 Å². The van der Waals surface area contributed by atoms with E-state index < -0.39 is 0 Å². The van der Waals surface area contributed by atoms with Gasteiger partial charge in [-0.3, -0.25) is 4.79 Å². The molecule has 114 valence electrons. The number of fused-ring (bicyclic) bond motifs is 1. The van der Waals surface area contributed by atoms with Gasteiger partial charge in [0.2, 0.25) is 5.91 Å². The molecule has 1 saturated heterocycles. The van der Waals surface area contributed by atoms with Crippen LogP contribution >= 0.6 is 11.3 Å². The van der Waals surface area contributed by atoms with Crippen LogP contribution in [0.3, 0.4) is 0 Å². The van der Waals surface area contributed by atoms with Crippen LogP contribution in [0.25, 0.3) is 0 Å². The van der Waals surface area contributed by atoms with Crippen molar-refractivity contribution in [1.29, 1.82) is 0 Å². The van der Waals surface area contributed by atoms with Gasteiger partial charge in [0.15, 0.2) is 5.96 Å². The number of thiophene rings is 1. The summed E-state index contributed by atoms with van der Waals surface area (Å²) in [5.41, 5.74) is 7.21. The Balaban J connectivity index is 1.54. The van der Waals surface area contributed by atoms with Gasteiger partial charge in [-0.2, -0.15) is 0 Å². The summed E-state index contributed by atoms with van der Waals surface area (Å²) in [6.45, 7) is 4.41. The zero-order valence-corrected chi connectivity index (χ0v) is 12.8. The SMILES string of the molecule is NC(=NCC(=O)N1CCc2sccc2C1)N1CCOCC1. The number of guanidine groups is 1. The van der Waals surface area contributed by atoms with Crippen LogP contribution in [-0.4, -0.2) is 61.1 Å². The number of hydrogen-bond donors (Lipinski definition) is 1. The fourth-order valence-corrected chi connectivity index (χ4v) is 3.49. The van der Waals surface area contributed by atoms with Gasteiger partial charge in [-0.15, -0.1) is 11.3 Å². The number of amides is 1. The van der Waals surface area contributed by atoms with Crippen molar-refractivity contribution >= 4 is 23.2 Å². The second-order valence-corrected chi connectivity index (χ2v) is 6.21. The predicted octanol–water partition coefficient (Wildman–Crippen LogP) is 0.280. The number of rotatable bonds is 2. The standard InChI is InChI=1S/C14H20N4O2S/c15-14(17-4-6-20-7-5-17)16-9-13(19)18-3-1-12-11(10-18)2-8-21-12/h2,8H,1,3-7,9-10H2,(H2,15,16). The number of carbonyl (C=O) groups excluding carboxylic acids is 1. The molecule has 7 heteroatoms. The van der Waals surface area contributed by atoms with Gasteiger partial charge >= 0.3 is 0 Å². The van der Waals surface area contributed by atoms with Crippen molar-refractivity contribution in [3.63, 3.8) is 0 Å². The molecule has 2 N–H and O–H groups in total. The summed E-state index contributed by atoms with van der Waals surface area (Å²) >= 11 is 1.77. The van der Waals surface area contributed by atoms with E-state index in [1.54, 1.807) is 11.3 Å². The number of hydrogen-bond acceptors (Lipinski definition) is 4. The molecule has 1 amide bonds. The van der Waals surface area contributed by atoms with Crippen molar-refractivity contribution in [3.8, 4) is 0 Å². The van der Waals surface area contributed by atoms with E-state index in [2.05, 4.69) is 16.4 Å². The Morgan fingerprint density at radius 1 is 1.33 bits per heavy atom. The summed E-state index contributed by atoms with van der Waals surface area (Å²) in [5.74, 6) is 0.489. The molecule has 2 aliphatic heterocycles. The molecule has 0 unspecified atom stereocenters. The van der Waals surface area contributed by atoms with E-state index in [0.29, 0.717) is 25.7 Å². The summed E-state index contributed by atoms with van der Waals surface area (Å²) in [6.07, 6.45) is 0.946. The number of nitrogens with two attached hydrogens (primary N) is 1. The van der Waals surface area contributed by atoms with E-state index >= 15 is 0 Å². The van der Waals surface area contributed by atoms with E-state index in [0.717, 1.165) is 26.1 Å². The van der Waals surface area contributed by atoms with Gasteiger partial charge in [0.05, 0.1) is 13.2 Å². The normalized spacial score (nSPS) is 19.5. The molecule has 3 heterocycles. The average Bonchev–Trinajstić information content (AvgIpc) is 3.00. The number of carbonyl (C=O) groups is 1. The zero-order chi connectivity index (χ0) is 14.7. The summed E-state index contributed by atoms with van der Waals surface area (Å²) in [4.78, 5) is 21.7. The molecule has 6 nitrogen and oxygen atoms in total. The molecule has 3 rings (SSSR count). The maximum atomic E-state index is 12.2. The highest BCUT2D eigenvalue weighted by Gasteiger charge is 2.21. The molecule has 0 atom stereocenters. The van der Waals surface area contributed by atoms with E-state index in [4.69, 9.17) is 10.5 Å². The maximum Gasteiger partial charge on any atom is 0.244 e. The van der Waals surface area contributed by atoms with Crippen LogP contribution in [0.5, 0.6) is 0 Å². The molecule has 0 saturated carbocycles. The third-order valence-electron chi connectivity index (χ3n) is 3.87. The third kappa shape index (κ3) is 3.36. The van der Waals surface area contributed by atoms with Crippen LogP contribution in [0, 0.1) is 0 Å². The number of ether oxygens (including phenoxy) is 1. The minimum absolute atomic E-state index is 0.0445. The Morgan fingerprint density at radius 3 is 2.95 bits per heavy atom. The van der Waals surface area contributed by atoms with Gasteiger partial charge < -0.3 is 20.3 Å². The van der Waals surface area contributed by atoms with E-state index in [-0.39, 0.29) is 12.5 Å². The monoisotopic (exact) mass is 308 g/mol. The Bertz CT molecular complexity index is 537. The second kappa shape index (κ2) is 6.44. The van der Waals surface area contributed by atoms with Gasteiger partial charge in [0, 0.05) is 31.1 Å². The summed E-state index contributed by atoms with van der Waals surface area (Å²) in [6, 6.07) is 2.10. The highest BCUT2D eigenvalue weighted by atomic mass is 32.1. The predicted molar refractivity (Wildman–Crippen MR) is 82.3 cm³/mol. The fourth-order valence-electron chi connectivity index (χ4n) is 2.60. The van der Waals surface area contributed by atoms with Crippen molar-refractivity contribution in [2.45, 2.75) is 13.0 Å². The largest absolute Gasteiger partial charge is 0.378 e. The molecule has 0 aliphatic carbocycles. The van der Waals surface area contributed by atoms with Crippen molar-refractivity contribution in [2.24, 2.45) is 10.7 Å². The minimum atomic E-state index is 0.0445. The molecule has 0 spiro atoms. The van der Waals surface area contributed by atoms with Crippen molar-refractivity contribution < 1.29 is 9.53 Å². The van der Waals surface area contributed by atoms with Crippen LogP contribution in [0.4, 0.5) is 0 Å². The van der Waals surface area contributed by atoms with E-state index in [9.17, 15) is 4.79 Å². The first kappa shape index (κ1) is 14.3. The van der Waals surface area contributed by atoms with Gasteiger partial charge in [-0.05, 0) is 23.4 Å². The quantitative estimate of drug-likeness (QED) is 0.629. The van der Waals surface area contributed by atoms with Crippen LogP contribution in [0.15, 0.2) is 16.4 Å². The molecule has 1 aromatic heterocycles. The first-order valence-electron chi connectivity index (χ1n) is 7.19. The molecule has 1 aromatic rings. The Hall–Kier alpha value is -1.60. The summed E-state index contributed by atoms with van der Waals surface area (Å²) in [5, 5.41) is 2.09. The van der Waals surface area contributed by atoms with E-state index in [1.165, 1.54) is 10.4 Å². The van der Waals surface area contributed by atoms with Crippen LogP contribution in [0.1, 0.15) is 10.4 Å². The van der Waals surface area contributed by atoms with Gasteiger partial charge in [0.1, 0.15) is 6.54 Å². The first-order valence-corrected chi connectivity index (χ1v) is 8.07. The molecule has 0 bridgehead atoms. The number of nitrogens with zero attached hydrogens (tertiary/aromatic N) is 3. The zero-order valence-electron chi connectivity index (χ0n) is 12.0. The topological polar surface area (TPSA) is 71.2 Å². The minimum Gasteiger partial charge on any atom is -0.378 e. The average molecular weight is 308 g/mol. The smallest absolute Gasteiger partial charge is 0.244 e. The van der Waals surface area contributed by atoms with Gasteiger partial charge in [-0.25, -0.2) is 4.99 Å². The second-order valence-electron chi connectivity index (χ2n) is 5.21. The number of morpholine rings is 1. The lowest BCUT2D eigenvalue weighted by Crippen LogP contribution is -2.45. The Kier molecular flexibility index (Phi) is 4.40. The molecular weight excluding hydrogens is 288 g/mol. The highest BCUT2D eigenvalue weighted by molar-refractivity contribution is 7.10. The lowest BCUT2D eigenvalue weighted by Gasteiger charge is -2.28. The highest BCUT2D eigenvalue weighted by Crippen LogP contribution is 2.23. The molecule has 21 heavy (non-hydrogen) atoms. The van der Waals surface area contributed by atoms with Crippen molar-refractivity contribution in [1.82, 2.24) is 9.80 Å². The molecule has 2 aliphatic rings. The Morgan fingerprint density at radius 2 is 2.14 bits per heavy atom. The summed E-state index contributed by atoms with van der Waals surface area (Å²) in [7, 11) is 0. The summed E-state index contributed by atoms with van der Waals surface area (Å²) < 4.78 is 5.27. The molecule has 0 aromatic carbocycles. The van der Waals surface area contributed by atoms with E-state index in [1.807, 2.05) is 9.80 Å². The van der Waals surface area contributed by atoms with Gasteiger partial charge in [0.25, 0.3) is 0 Å². The lowest BCUT2D eigenvalue weighted by atomic mass is 10.1. The molecule has 1 fully saturated rings. The van der Waals surface area contributed by atoms with Gasteiger partial charge in [-0.1, -0.05) is 0 Å². The van der Waals surface area contributed by atoms with Crippen molar-refractivity contribution in [3.05, 3.63) is 21.9 Å². The molecule has 0 radical (unpaired) electrons. The first-order chi connectivity index (χ1) is 10.2. The lowest BCUT2D eigenvalue weighted by molar-refractivity contribution is -0.130. The van der Waals surface area contributed by atoms with Crippen LogP contribution in [0.2, 0.25) is 0 Å². The van der Waals surface area contributed by atoms with Crippen LogP contribution < -0.4 is 5.73 Å². The molecular formula is C14H20N4O2S. The third-order valence-corrected chi connectivity index (χ3v) is 4.89. The Labute approximate surface area is 128 Å².